The van der Waals surface area contributed by atoms with Crippen LogP contribution in [0.4, 0.5) is 0 Å². The molecule has 0 bridgehead atoms. The zero-order valence-electron chi connectivity index (χ0n) is 25.9. The standard InChI is InChI=1S/C30H40O14/c1-14-27(36)44-24-10-20(12-38-15(2)31)21(40-16(3)32)11-23(42-18(5)34)28(7)22(41-17(4)33)8-9-29(13-39-29)25(28)26(30(14,24)37)43-19(6)35/h10,14,21-26,37H,8-9,11-13H2,1-7H3. The van der Waals surface area contributed by atoms with Crippen LogP contribution in [0, 0.1) is 17.3 Å². The maximum Gasteiger partial charge on any atom is 0.312 e. The minimum absolute atomic E-state index is 0.110. The van der Waals surface area contributed by atoms with Crippen LogP contribution in [0.25, 0.3) is 0 Å². The minimum Gasteiger partial charge on any atom is -0.462 e. The van der Waals surface area contributed by atoms with Crippen molar-refractivity contribution < 1.29 is 67.0 Å². The quantitative estimate of drug-likeness (QED) is 0.191. The number of hydrogen-bond donors (Lipinski definition) is 1. The highest BCUT2D eigenvalue weighted by atomic mass is 16.6. The van der Waals surface area contributed by atoms with Crippen LogP contribution in [0.1, 0.15) is 67.7 Å². The Hall–Kier alpha value is -3.52. The lowest BCUT2D eigenvalue weighted by Gasteiger charge is -2.57. The molecule has 1 N–H and O–H groups in total. The second-order valence-corrected chi connectivity index (χ2v) is 12.3. The molecule has 4 rings (SSSR count). The van der Waals surface area contributed by atoms with Crippen LogP contribution in [0.2, 0.25) is 0 Å². The van der Waals surface area contributed by atoms with Crippen molar-refractivity contribution in [1.82, 2.24) is 0 Å². The molecule has 0 aromatic heterocycles. The Morgan fingerprint density at radius 1 is 0.909 bits per heavy atom. The number of hydrogen-bond acceptors (Lipinski definition) is 14. The summed E-state index contributed by atoms with van der Waals surface area (Å²) in [6.45, 7) is 8.69. The van der Waals surface area contributed by atoms with Gasteiger partial charge in [0.05, 0.1) is 23.5 Å². The van der Waals surface area contributed by atoms with Crippen LogP contribution in [0.15, 0.2) is 11.6 Å². The van der Waals surface area contributed by atoms with E-state index in [0.29, 0.717) is 6.42 Å². The number of fused-ring (bicyclic) bond motifs is 3. The number of ether oxygens (including phenoxy) is 7. The van der Waals surface area contributed by atoms with E-state index in [2.05, 4.69) is 0 Å². The molecule has 10 unspecified atom stereocenters. The molecule has 1 spiro atoms. The summed E-state index contributed by atoms with van der Waals surface area (Å²) in [5.74, 6) is -6.65. The van der Waals surface area contributed by atoms with E-state index in [9.17, 15) is 33.9 Å². The summed E-state index contributed by atoms with van der Waals surface area (Å²) in [6, 6.07) is 0. The van der Waals surface area contributed by atoms with Gasteiger partial charge >= 0.3 is 35.8 Å². The Morgan fingerprint density at radius 3 is 2.00 bits per heavy atom. The molecule has 3 fully saturated rings. The Bertz CT molecular complexity index is 1250. The molecule has 10 atom stereocenters. The maximum absolute atomic E-state index is 13.1. The van der Waals surface area contributed by atoms with E-state index in [-0.39, 0.29) is 25.0 Å². The average Bonchev–Trinajstić information content (AvgIpc) is 3.63. The minimum atomic E-state index is -2.26. The van der Waals surface area contributed by atoms with Gasteiger partial charge in [-0.05, 0) is 25.8 Å². The van der Waals surface area contributed by atoms with Gasteiger partial charge in [0, 0.05) is 52.5 Å². The Morgan fingerprint density at radius 2 is 1.48 bits per heavy atom. The van der Waals surface area contributed by atoms with E-state index < -0.39 is 101 Å². The van der Waals surface area contributed by atoms with Crippen LogP contribution < -0.4 is 0 Å². The molecule has 1 saturated carbocycles. The van der Waals surface area contributed by atoms with Crippen molar-refractivity contribution in [3.05, 3.63) is 11.6 Å². The Kier molecular flexibility index (Phi) is 9.19. The molecule has 44 heavy (non-hydrogen) atoms. The molecule has 2 aliphatic heterocycles. The van der Waals surface area contributed by atoms with Gasteiger partial charge in [0.2, 0.25) is 0 Å². The first kappa shape index (κ1) is 33.4. The first-order chi connectivity index (χ1) is 20.4. The molecule has 14 heteroatoms. The monoisotopic (exact) mass is 624 g/mol. The highest BCUT2D eigenvalue weighted by molar-refractivity contribution is 5.78. The molecule has 2 aliphatic carbocycles. The number of carbonyl (C=O) groups is 6. The SMILES string of the molecule is CC(=O)OCC1=CC2OC(=O)C(C)C2(O)C(OC(C)=O)C2C3(CCC(OC(C)=O)C2(C)C(OC(C)=O)CC1OC(C)=O)CO3. The third kappa shape index (κ3) is 6.06. The molecular formula is C30H40O14. The van der Waals surface area contributed by atoms with Crippen molar-refractivity contribution in [3.8, 4) is 0 Å². The normalized spacial score (nSPS) is 39.4. The molecule has 0 radical (unpaired) electrons. The fraction of sp³-hybridized carbons (Fsp3) is 0.733. The molecule has 2 saturated heterocycles. The van der Waals surface area contributed by atoms with E-state index in [1.165, 1.54) is 33.8 Å². The highest BCUT2D eigenvalue weighted by Crippen LogP contribution is 2.62. The summed E-state index contributed by atoms with van der Waals surface area (Å²) in [6.07, 6.45) is -4.76. The van der Waals surface area contributed by atoms with Gasteiger partial charge < -0.3 is 38.3 Å². The van der Waals surface area contributed by atoms with Gasteiger partial charge in [-0.3, -0.25) is 28.8 Å². The predicted molar refractivity (Wildman–Crippen MR) is 145 cm³/mol. The molecule has 14 nitrogen and oxygen atoms in total. The third-order valence-corrected chi connectivity index (χ3v) is 9.34. The van der Waals surface area contributed by atoms with Gasteiger partial charge in [0.15, 0.2) is 11.7 Å². The average molecular weight is 625 g/mol. The second kappa shape index (κ2) is 12.1. The number of epoxide rings is 1. The van der Waals surface area contributed by atoms with Crippen LogP contribution in [-0.4, -0.2) is 95.9 Å². The summed E-state index contributed by atoms with van der Waals surface area (Å²) in [4.78, 5) is 75.2. The predicted octanol–water partition coefficient (Wildman–Crippen LogP) is 1.08. The van der Waals surface area contributed by atoms with E-state index in [1.54, 1.807) is 6.92 Å². The summed E-state index contributed by atoms with van der Waals surface area (Å²) in [5, 5.41) is 12.6. The second-order valence-electron chi connectivity index (χ2n) is 12.3. The summed E-state index contributed by atoms with van der Waals surface area (Å²) < 4.78 is 40.3. The number of aliphatic hydroxyl groups is 1. The van der Waals surface area contributed by atoms with Gasteiger partial charge in [0.1, 0.15) is 31.0 Å². The van der Waals surface area contributed by atoms with Crippen molar-refractivity contribution >= 4 is 35.8 Å². The van der Waals surface area contributed by atoms with Crippen molar-refractivity contribution in [1.29, 1.82) is 0 Å². The fourth-order valence-electron chi connectivity index (χ4n) is 7.29. The van der Waals surface area contributed by atoms with Crippen molar-refractivity contribution in [2.24, 2.45) is 17.3 Å². The van der Waals surface area contributed by atoms with Crippen molar-refractivity contribution in [2.75, 3.05) is 13.2 Å². The van der Waals surface area contributed by atoms with Gasteiger partial charge in [-0.2, -0.15) is 0 Å². The van der Waals surface area contributed by atoms with Gasteiger partial charge in [0.25, 0.3) is 0 Å². The zero-order chi connectivity index (χ0) is 32.8. The number of rotatable bonds is 6. The Labute approximate surface area is 254 Å². The topological polar surface area (TPSA) is 191 Å². The first-order valence-corrected chi connectivity index (χ1v) is 14.5. The van der Waals surface area contributed by atoms with Crippen LogP contribution in [0.3, 0.4) is 0 Å². The Balaban J connectivity index is 2.08. The number of esters is 6. The largest absolute Gasteiger partial charge is 0.462 e. The molecule has 4 aliphatic rings. The van der Waals surface area contributed by atoms with Crippen molar-refractivity contribution in [3.63, 3.8) is 0 Å². The third-order valence-electron chi connectivity index (χ3n) is 9.34. The first-order valence-electron chi connectivity index (χ1n) is 14.5. The van der Waals surface area contributed by atoms with E-state index in [0.717, 1.165) is 13.8 Å². The van der Waals surface area contributed by atoms with Crippen molar-refractivity contribution in [2.45, 2.75) is 109 Å². The molecule has 0 amide bonds. The molecule has 0 aromatic rings. The molecule has 244 valence electrons. The van der Waals surface area contributed by atoms with Crippen LogP contribution >= 0.6 is 0 Å². The smallest absolute Gasteiger partial charge is 0.312 e. The molecular weight excluding hydrogens is 584 g/mol. The summed E-state index contributed by atoms with van der Waals surface area (Å²) in [7, 11) is 0. The highest BCUT2D eigenvalue weighted by Gasteiger charge is 2.75. The maximum atomic E-state index is 13.1. The van der Waals surface area contributed by atoms with Crippen LogP contribution in [0.5, 0.6) is 0 Å². The van der Waals surface area contributed by atoms with Gasteiger partial charge in [-0.15, -0.1) is 0 Å². The molecule has 0 aromatic carbocycles. The fourth-order valence-corrected chi connectivity index (χ4v) is 7.29. The molecule has 2 heterocycles. The lowest BCUT2D eigenvalue weighted by Crippen LogP contribution is -2.69. The summed E-state index contributed by atoms with van der Waals surface area (Å²) in [5.41, 5.74) is -4.65. The number of carbonyl (C=O) groups excluding carboxylic acids is 6. The summed E-state index contributed by atoms with van der Waals surface area (Å²) >= 11 is 0. The van der Waals surface area contributed by atoms with E-state index in [4.69, 9.17) is 33.2 Å². The van der Waals surface area contributed by atoms with Gasteiger partial charge in [-0.25, -0.2) is 0 Å². The lowest BCUT2D eigenvalue weighted by molar-refractivity contribution is -0.244. The lowest BCUT2D eigenvalue weighted by atomic mass is 9.52. The van der Waals surface area contributed by atoms with E-state index >= 15 is 0 Å². The van der Waals surface area contributed by atoms with Crippen LogP contribution in [-0.2, 0) is 61.9 Å². The van der Waals surface area contributed by atoms with E-state index in [1.807, 2.05) is 0 Å². The van der Waals surface area contributed by atoms with Gasteiger partial charge in [-0.1, -0.05) is 6.92 Å². The zero-order valence-corrected chi connectivity index (χ0v) is 25.9.